The highest BCUT2D eigenvalue weighted by Crippen LogP contribution is 2.32. The molecule has 19 heavy (non-hydrogen) atoms. The number of hydrogen-bond donors (Lipinski definition) is 1. The molecule has 0 amide bonds. The highest BCUT2D eigenvalue weighted by atomic mass is 32.2. The average Bonchev–Trinajstić information content (AvgIpc) is 2.37. The largest absolute Gasteiger partial charge is 0.494 e. The summed E-state index contributed by atoms with van der Waals surface area (Å²) in [6.45, 7) is 2.28. The zero-order chi connectivity index (χ0) is 13.9. The number of rotatable bonds is 3. The van der Waals surface area contributed by atoms with Gasteiger partial charge in [-0.25, -0.2) is 0 Å². The van der Waals surface area contributed by atoms with Crippen molar-refractivity contribution in [3.8, 4) is 11.8 Å². The number of fused-ring (bicyclic) bond motifs is 1. The Morgan fingerprint density at radius 2 is 2.32 bits per heavy atom. The van der Waals surface area contributed by atoms with Crippen molar-refractivity contribution >= 4 is 32.6 Å². The zero-order valence-electron chi connectivity index (χ0n) is 10.1. The first-order valence-electron chi connectivity index (χ1n) is 5.45. The van der Waals surface area contributed by atoms with Crippen LogP contribution in [-0.4, -0.2) is 25.9 Å². The molecule has 0 fully saturated rings. The second-order valence-electron chi connectivity index (χ2n) is 3.53. The Morgan fingerprint density at radius 1 is 1.53 bits per heavy atom. The van der Waals surface area contributed by atoms with Crippen molar-refractivity contribution in [3.05, 3.63) is 18.2 Å². The molecule has 2 rings (SSSR count). The number of anilines is 1. The minimum Gasteiger partial charge on any atom is -0.494 e. The minimum atomic E-state index is -3.75. The Labute approximate surface area is 115 Å². The van der Waals surface area contributed by atoms with Gasteiger partial charge in [0, 0.05) is 6.07 Å². The third-order valence-electron chi connectivity index (χ3n) is 2.26. The van der Waals surface area contributed by atoms with Gasteiger partial charge >= 0.3 is 0 Å². The Kier molecular flexibility index (Phi) is 3.97. The van der Waals surface area contributed by atoms with Crippen molar-refractivity contribution in [1.82, 2.24) is 0 Å². The molecule has 0 saturated heterocycles. The smallest absolute Gasteiger partial charge is 0.286 e. The lowest BCUT2D eigenvalue weighted by Crippen LogP contribution is -2.19. The van der Waals surface area contributed by atoms with Crippen LogP contribution in [0.3, 0.4) is 0 Å². The van der Waals surface area contributed by atoms with E-state index >= 15 is 0 Å². The van der Waals surface area contributed by atoms with E-state index in [0.717, 1.165) is 11.8 Å². The molecule has 0 bridgehead atoms. The topological polar surface area (TPSA) is 91.6 Å². The first-order valence-corrected chi connectivity index (χ1v) is 7.88. The number of nitriles is 1. The van der Waals surface area contributed by atoms with Crippen LogP contribution >= 0.6 is 11.8 Å². The lowest BCUT2D eigenvalue weighted by Gasteiger charge is -2.17. The fraction of sp³-hybridized carbons (Fsp3) is 0.273. The van der Waals surface area contributed by atoms with Gasteiger partial charge in [-0.15, -0.1) is 4.40 Å². The van der Waals surface area contributed by atoms with E-state index in [2.05, 4.69) is 9.71 Å². The first kappa shape index (κ1) is 13.7. The maximum atomic E-state index is 12.0. The van der Waals surface area contributed by atoms with Crippen LogP contribution in [0, 0.1) is 11.3 Å². The van der Waals surface area contributed by atoms with E-state index in [1.54, 1.807) is 12.1 Å². The van der Waals surface area contributed by atoms with Gasteiger partial charge < -0.3 is 10.1 Å². The van der Waals surface area contributed by atoms with Crippen LogP contribution < -0.4 is 10.1 Å². The minimum absolute atomic E-state index is 0.0831. The molecule has 1 aliphatic rings. The summed E-state index contributed by atoms with van der Waals surface area (Å²) in [5.41, 5.74) is 0.443. The van der Waals surface area contributed by atoms with E-state index in [-0.39, 0.29) is 15.8 Å². The number of nitrogens with zero attached hydrogens (tertiary/aromatic N) is 2. The molecule has 0 aromatic heterocycles. The lowest BCUT2D eigenvalue weighted by molar-refractivity contribution is 0.339. The Morgan fingerprint density at radius 3 is 3.00 bits per heavy atom. The zero-order valence-corrected chi connectivity index (χ0v) is 11.7. The van der Waals surface area contributed by atoms with Gasteiger partial charge in [0.1, 0.15) is 10.6 Å². The number of amidine groups is 1. The van der Waals surface area contributed by atoms with E-state index in [4.69, 9.17) is 10.00 Å². The van der Waals surface area contributed by atoms with Crippen molar-refractivity contribution in [2.75, 3.05) is 17.7 Å². The predicted octanol–water partition coefficient (Wildman–Crippen LogP) is 1.81. The van der Waals surface area contributed by atoms with Crippen LogP contribution in [0.1, 0.15) is 6.92 Å². The lowest BCUT2D eigenvalue weighted by atomic mass is 10.3. The molecule has 0 atom stereocenters. The number of ether oxygens (including phenoxy) is 1. The molecule has 100 valence electrons. The molecule has 0 unspecified atom stereocenters. The Bertz CT molecular complexity index is 662. The van der Waals surface area contributed by atoms with Crippen LogP contribution in [0.2, 0.25) is 0 Å². The molecule has 8 heteroatoms. The second kappa shape index (κ2) is 5.50. The quantitative estimate of drug-likeness (QED) is 0.915. The summed E-state index contributed by atoms with van der Waals surface area (Å²) in [5.74, 6) is 0.614. The van der Waals surface area contributed by atoms with Crippen LogP contribution in [-0.2, 0) is 10.0 Å². The fourth-order valence-corrected chi connectivity index (χ4v) is 3.45. The van der Waals surface area contributed by atoms with Crippen LogP contribution in [0.5, 0.6) is 5.75 Å². The summed E-state index contributed by atoms with van der Waals surface area (Å²) in [6.07, 6.45) is 0. The van der Waals surface area contributed by atoms with E-state index in [1.807, 2.05) is 13.0 Å². The molecule has 0 saturated carbocycles. The molecule has 1 heterocycles. The van der Waals surface area contributed by atoms with Gasteiger partial charge in [-0.2, -0.15) is 13.7 Å². The van der Waals surface area contributed by atoms with Crippen LogP contribution in [0.15, 0.2) is 27.5 Å². The summed E-state index contributed by atoms with van der Waals surface area (Å²) in [6, 6.07) is 6.67. The fourth-order valence-electron chi connectivity index (χ4n) is 1.54. The first-order chi connectivity index (χ1) is 9.06. The third-order valence-corrected chi connectivity index (χ3v) is 4.43. The maximum Gasteiger partial charge on any atom is 0.286 e. The maximum absolute atomic E-state index is 12.0. The summed E-state index contributed by atoms with van der Waals surface area (Å²) in [5, 5.41) is 11.6. The molecule has 1 N–H and O–H groups in total. The summed E-state index contributed by atoms with van der Waals surface area (Å²) in [7, 11) is -3.75. The van der Waals surface area contributed by atoms with Crippen molar-refractivity contribution < 1.29 is 13.2 Å². The summed E-state index contributed by atoms with van der Waals surface area (Å²) >= 11 is 1.05. The van der Waals surface area contributed by atoms with E-state index < -0.39 is 10.0 Å². The molecular weight excluding hydrogens is 286 g/mol. The van der Waals surface area contributed by atoms with Gasteiger partial charge in [0.05, 0.1) is 24.1 Å². The van der Waals surface area contributed by atoms with Gasteiger partial charge in [0.15, 0.2) is 5.17 Å². The number of hydrogen-bond acceptors (Lipinski definition) is 6. The van der Waals surface area contributed by atoms with Gasteiger partial charge in [-0.05, 0) is 19.1 Å². The van der Waals surface area contributed by atoms with Crippen molar-refractivity contribution in [1.29, 1.82) is 5.26 Å². The molecule has 6 nitrogen and oxygen atoms in total. The van der Waals surface area contributed by atoms with Gasteiger partial charge in [0.25, 0.3) is 10.0 Å². The molecule has 0 radical (unpaired) electrons. The van der Waals surface area contributed by atoms with Crippen LogP contribution in [0.25, 0.3) is 0 Å². The average molecular weight is 297 g/mol. The van der Waals surface area contributed by atoms with Gasteiger partial charge in [-0.1, -0.05) is 11.8 Å². The van der Waals surface area contributed by atoms with Gasteiger partial charge in [-0.3, -0.25) is 0 Å². The highest BCUT2D eigenvalue weighted by molar-refractivity contribution is 8.15. The molecule has 1 aromatic rings. The van der Waals surface area contributed by atoms with E-state index in [9.17, 15) is 8.42 Å². The monoisotopic (exact) mass is 297 g/mol. The molecular formula is C11H11N3O3S2. The van der Waals surface area contributed by atoms with Crippen molar-refractivity contribution in [2.24, 2.45) is 4.40 Å². The Balaban J connectivity index is 2.37. The standard InChI is InChI=1S/C11H11N3O3S2/c1-2-17-8-3-4-9-10(7-8)19(15,16)14-11(13-9)18-6-5-12/h3-4,7H,2,6H2,1H3,(H,13,14). The summed E-state index contributed by atoms with van der Waals surface area (Å²) in [4.78, 5) is 0.0831. The van der Waals surface area contributed by atoms with Crippen LogP contribution in [0.4, 0.5) is 5.69 Å². The van der Waals surface area contributed by atoms with E-state index in [1.165, 1.54) is 6.07 Å². The number of benzene rings is 1. The number of nitrogens with one attached hydrogen (secondary N) is 1. The number of sulfonamides is 1. The van der Waals surface area contributed by atoms with Crippen molar-refractivity contribution in [2.45, 2.75) is 11.8 Å². The Hall–Kier alpha value is -1.72. The molecule has 0 spiro atoms. The third kappa shape index (κ3) is 3.00. The molecule has 1 aliphatic heterocycles. The molecule has 1 aromatic carbocycles. The SMILES string of the molecule is CCOc1ccc2c(c1)S(=O)(=O)N=C(SCC#N)N2. The normalized spacial score (nSPS) is 15.7. The van der Waals surface area contributed by atoms with Gasteiger partial charge in [0.2, 0.25) is 0 Å². The predicted molar refractivity (Wildman–Crippen MR) is 73.9 cm³/mol. The highest BCUT2D eigenvalue weighted by Gasteiger charge is 2.25. The second-order valence-corrected chi connectivity index (χ2v) is 6.07. The van der Waals surface area contributed by atoms with Crippen molar-refractivity contribution in [3.63, 3.8) is 0 Å². The molecule has 0 aliphatic carbocycles. The number of thioether (sulfide) groups is 1. The van der Waals surface area contributed by atoms with E-state index in [0.29, 0.717) is 18.0 Å². The summed E-state index contributed by atoms with van der Waals surface area (Å²) < 4.78 is 32.9.